The molecule has 2 atom stereocenters. The molecule has 5 heteroatoms. The second kappa shape index (κ2) is 11.3. The van der Waals surface area contributed by atoms with Crippen molar-refractivity contribution in [2.45, 2.75) is 40.0 Å². The summed E-state index contributed by atoms with van der Waals surface area (Å²) in [4.78, 5) is 14.5. The molecule has 1 rings (SSSR count). The van der Waals surface area contributed by atoms with E-state index in [1.807, 2.05) is 4.90 Å². The van der Waals surface area contributed by atoms with Crippen LogP contribution in [0, 0.1) is 17.8 Å². The number of halogens is 1. The first-order valence-corrected chi connectivity index (χ1v) is 8.02. The van der Waals surface area contributed by atoms with Crippen LogP contribution in [0.2, 0.25) is 0 Å². The Morgan fingerprint density at radius 2 is 2.10 bits per heavy atom. The average Bonchev–Trinajstić information content (AvgIpc) is 2.43. The predicted molar refractivity (Wildman–Crippen MR) is 89.9 cm³/mol. The van der Waals surface area contributed by atoms with Crippen LogP contribution in [0.25, 0.3) is 0 Å². The molecule has 0 radical (unpaired) electrons. The molecule has 1 amide bonds. The maximum atomic E-state index is 12.5. The molecule has 1 aliphatic rings. The molecule has 0 spiro atoms. The number of piperidine rings is 1. The van der Waals surface area contributed by atoms with Gasteiger partial charge in [0.15, 0.2) is 0 Å². The van der Waals surface area contributed by atoms with Crippen LogP contribution < -0.4 is 5.32 Å². The third kappa shape index (κ3) is 8.03. The summed E-state index contributed by atoms with van der Waals surface area (Å²) < 4.78 is 5.12. The van der Waals surface area contributed by atoms with E-state index in [4.69, 9.17) is 4.74 Å². The zero-order valence-corrected chi connectivity index (χ0v) is 14.9. The number of nitrogens with zero attached hydrogens (tertiary/aromatic N) is 1. The molecule has 1 heterocycles. The largest absolute Gasteiger partial charge is 0.383 e. The molecular formula is C16H33ClN2O2. The normalized spacial score (nSPS) is 20.0. The third-order valence-corrected chi connectivity index (χ3v) is 4.14. The lowest BCUT2D eigenvalue weighted by Gasteiger charge is -2.30. The van der Waals surface area contributed by atoms with Crippen LogP contribution in [0.4, 0.5) is 0 Å². The Labute approximate surface area is 136 Å². The van der Waals surface area contributed by atoms with Crippen LogP contribution in [0.15, 0.2) is 0 Å². The van der Waals surface area contributed by atoms with Crippen molar-refractivity contribution in [1.82, 2.24) is 10.2 Å². The molecule has 0 saturated carbocycles. The number of hydrogen-bond donors (Lipinski definition) is 1. The van der Waals surface area contributed by atoms with Crippen LogP contribution >= 0.6 is 12.4 Å². The standard InChI is InChI=1S/C16H32N2O2.ClH/c1-13(2)12-18(8-9-20-4)16(19)10-14(3)15-6-5-7-17-11-15;/h13-15,17H,5-12H2,1-4H3;1H. The van der Waals surface area contributed by atoms with Gasteiger partial charge in [0.1, 0.15) is 0 Å². The maximum absolute atomic E-state index is 12.5. The highest BCUT2D eigenvalue weighted by atomic mass is 35.5. The minimum atomic E-state index is 0. The number of nitrogens with one attached hydrogen (secondary N) is 1. The first-order valence-electron chi connectivity index (χ1n) is 8.02. The minimum absolute atomic E-state index is 0. The fourth-order valence-corrected chi connectivity index (χ4v) is 2.90. The lowest BCUT2D eigenvalue weighted by Crippen LogP contribution is -2.39. The van der Waals surface area contributed by atoms with Crippen LogP contribution in [0.5, 0.6) is 0 Å². The molecule has 1 saturated heterocycles. The summed E-state index contributed by atoms with van der Waals surface area (Å²) in [5, 5.41) is 3.44. The number of rotatable bonds is 8. The van der Waals surface area contributed by atoms with Crippen LogP contribution in [0.3, 0.4) is 0 Å². The molecule has 126 valence electrons. The Bertz CT molecular complexity index is 281. The van der Waals surface area contributed by atoms with E-state index in [1.54, 1.807) is 7.11 Å². The monoisotopic (exact) mass is 320 g/mol. The van der Waals surface area contributed by atoms with E-state index < -0.39 is 0 Å². The summed E-state index contributed by atoms with van der Waals surface area (Å²) in [5.41, 5.74) is 0. The SMILES string of the molecule is COCCN(CC(C)C)C(=O)CC(C)C1CCCNC1.Cl. The van der Waals surface area contributed by atoms with E-state index in [-0.39, 0.29) is 18.3 Å². The molecule has 4 nitrogen and oxygen atoms in total. The topological polar surface area (TPSA) is 41.6 Å². The van der Waals surface area contributed by atoms with Crippen molar-refractivity contribution in [3.05, 3.63) is 0 Å². The highest BCUT2D eigenvalue weighted by molar-refractivity contribution is 5.85. The number of methoxy groups -OCH3 is 1. The molecule has 1 fully saturated rings. The molecular weight excluding hydrogens is 288 g/mol. The van der Waals surface area contributed by atoms with Gasteiger partial charge in [-0.15, -0.1) is 12.4 Å². The van der Waals surface area contributed by atoms with Crippen molar-refractivity contribution in [1.29, 1.82) is 0 Å². The molecule has 2 unspecified atom stereocenters. The van der Waals surface area contributed by atoms with Crippen molar-refractivity contribution in [2.75, 3.05) is 39.9 Å². The van der Waals surface area contributed by atoms with Crippen LogP contribution in [-0.4, -0.2) is 50.7 Å². The first kappa shape index (κ1) is 20.7. The van der Waals surface area contributed by atoms with Gasteiger partial charge < -0.3 is 15.0 Å². The second-order valence-corrected chi connectivity index (χ2v) is 6.51. The highest BCUT2D eigenvalue weighted by Gasteiger charge is 2.24. The Balaban J connectivity index is 0.00000400. The van der Waals surface area contributed by atoms with E-state index in [9.17, 15) is 4.79 Å². The van der Waals surface area contributed by atoms with Crippen molar-refractivity contribution in [2.24, 2.45) is 17.8 Å². The van der Waals surface area contributed by atoms with Gasteiger partial charge >= 0.3 is 0 Å². The van der Waals surface area contributed by atoms with E-state index in [0.29, 0.717) is 37.3 Å². The van der Waals surface area contributed by atoms with E-state index in [1.165, 1.54) is 12.8 Å². The van der Waals surface area contributed by atoms with Crippen molar-refractivity contribution in [3.63, 3.8) is 0 Å². The summed E-state index contributed by atoms with van der Waals surface area (Å²) in [6, 6.07) is 0. The Morgan fingerprint density at radius 3 is 2.62 bits per heavy atom. The van der Waals surface area contributed by atoms with Gasteiger partial charge in [0.05, 0.1) is 6.61 Å². The zero-order chi connectivity index (χ0) is 15.0. The Morgan fingerprint density at radius 1 is 1.38 bits per heavy atom. The van der Waals surface area contributed by atoms with Crippen LogP contribution in [-0.2, 0) is 9.53 Å². The summed E-state index contributed by atoms with van der Waals surface area (Å²) in [7, 11) is 1.69. The van der Waals surface area contributed by atoms with Gasteiger partial charge in [-0.05, 0) is 43.7 Å². The molecule has 21 heavy (non-hydrogen) atoms. The number of amides is 1. The summed E-state index contributed by atoms with van der Waals surface area (Å²) in [6.45, 7) is 10.9. The number of carbonyl (C=O) groups is 1. The fourth-order valence-electron chi connectivity index (χ4n) is 2.90. The van der Waals surface area contributed by atoms with Gasteiger partial charge in [0.25, 0.3) is 0 Å². The summed E-state index contributed by atoms with van der Waals surface area (Å²) >= 11 is 0. The smallest absolute Gasteiger partial charge is 0.222 e. The van der Waals surface area contributed by atoms with Gasteiger partial charge in [-0.1, -0.05) is 20.8 Å². The van der Waals surface area contributed by atoms with E-state index >= 15 is 0 Å². The number of carbonyl (C=O) groups excluding carboxylic acids is 1. The molecule has 0 aliphatic carbocycles. The van der Waals surface area contributed by atoms with E-state index in [2.05, 4.69) is 26.1 Å². The molecule has 0 aromatic heterocycles. The van der Waals surface area contributed by atoms with Gasteiger partial charge in [-0.2, -0.15) is 0 Å². The average molecular weight is 321 g/mol. The van der Waals surface area contributed by atoms with Crippen LogP contribution in [0.1, 0.15) is 40.0 Å². The fraction of sp³-hybridized carbons (Fsp3) is 0.938. The molecule has 0 bridgehead atoms. The minimum Gasteiger partial charge on any atom is -0.383 e. The van der Waals surface area contributed by atoms with Gasteiger partial charge in [0.2, 0.25) is 5.91 Å². The first-order chi connectivity index (χ1) is 9.54. The molecule has 0 aromatic rings. The number of ether oxygens (including phenoxy) is 1. The molecule has 0 aromatic carbocycles. The lowest BCUT2D eigenvalue weighted by molar-refractivity contribution is -0.133. The maximum Gasteiger partial charge on any atom is 0.222 e. The quantitative estimate of drug-likeness (QED) is 0.747. The third-order valence-electron chi connectivity index (χ3n) is 4.14. The van der Waals surface area contributed by atoms with Gasteiger partial charge in [0, 0.05) is 26.6 Å². The highest BCUT2D eigenvalue weighted by Crippen LogP contribution is 2.23. The van der Waals surface area contributed by atoms with Gasteiger partial charge in [-0.3, -0.25) is 4.79 Å². The Kier molecular flexibility index (Phi) is 11.1. The zero-order valence-electron chi connectivity index (χ0n) is 14.1. The lowest BCUT2D eigenvalue weighted by atomic mass is 9.85. The van der Waals surface area contributed by atoms with Crippen molar-refractivity contribution in [3.8, 4) is 0 Å². The summed E-state index contributed by atoms with van der Waals surface area (Å²) in [6.07, 6.45) is 3.16. The van der Waals surface area contributed by atoms with E-state index in [0.717, 1.165) is 19.6 Å². The van der Waals surface area contributed by atoms with Crippen molar-refractivity contribution >= 4 is 18.3 Å². The molecule has 1 aliphatic heterocycles. The second-order valence-electron chi connectivity index (χ2n) is 6.51. The van der Waals surface area contributed by atoms with Gasteiger partial charge in [-0.25, -0.2) is 0 Å². The number of hydrogen-bond acceptors (Lipinski definition) is 3. The van der Waals surface area contributed by atoms with Crippen molar-refractivity contribution < 1.29 is 9.53 Å². The summed E-state index contributed by atoms with van der Waals surface area (Å²) in [5.74, 6) is 1.90. The predicted octanol–water partition coefficient (Wildman–Crippen LogP) is 2.57. The Hall–Kier alpha value is -0.320. The molecule has 1 N–H and O–H groups in total.